The summed E-state index contributed by atoms with van der Waals surface area (Å²) in [6.07, 6.45) is 0.235. The third-order valence-corrected chi connectivity index (χ3v) is 4.81. The minimum atomic E-state index is -0.663. The lowest BCUT2D eigenvalue weighted by atomic mass is 10.00. The van der Waals surface area contributed by atoms with E-state index in [-0.39, 0.29) is 18.4 Å². The van der Waals surface area contributed by atoms with Gasteiger partial charge >= 0.3 is 0 Å². The molecule has 0 aromatic heterocycles. The molecule has 3 rings (SSSR count). The fraction of sp³-hybridized carbons (Fsp3) is 0.381. The first-order valence-electron chi connectivity index (χ1n) is 8.67. The maximum atomic E-state index is 12.2. The highest BCUT2D eigenvalue weighted by atomic mass is 16.3. The molecule has 0 aliphatic heterocycles. The molecule has 3 nitrogen and oxygen atoms in total. The first-order chi connectivity index (χ1) is 11.6. The van der Waals surface area contributed by atoms with Crippen molar-refractivity contribution in [1.82, 2.24) is 5.32 Å². The van der Waals surface area contributed by atoms with Gasteiger partial charge in [0.2, 0.25) is 5.91 Å². The molecule has 0 radical (unpaired) electrons. The maximum Gasteiger partial charge on any atom is 0.223 e. The molecule has 0 bridgehead atoms. The van der Waals surface area contributed by atoms with Gasteiger partial charge in [0, 0.05) is 12.5 Å². The fourth-order valence-corrected chi connectivity index (χ4v) is 3.10. The van der Waals surface area contributed by atoms with E-state index in [4.69, 9.17) is 0 Å². The van der Waals surface area contributed by atoms with Gasteiger partial charge in [-0.05, 0) is 34.9 Å². The van der Waals surface area contributed by atoms with Gasteiger partial charge < -0.3 is 10.4 Å². The molecule has 2 aromatic rings. The standard InChI is InChI=1S/C21H25NO2/c1-14(2)15-8-10-17(11-9-15)20(23)13-22-21(24)19-12-18(19)16-6-4-3-5-7-16/h3-11,14,18-20,23H,12-13H2,1-2H3,(H,22,24). The maximum absolute atomic E-state index is 12.2. The van der Waals surface area contributed by atoms with Crippen LogP contribution in [0, 0.1) is 5.92 Å². The lowest BCUT2D eigenvalue weighted by Gasteiger charge is -2.14. The van der Waals surface area contributed by atoms with Gasteiger partial charge in [0.05, 0.1) is 6.10 Å². The highest BCUT2D eigenvalue weighted by Gasteiger charge is 2.43. The molecule has 3 atom stereocenters. The van der Waals surface area contributed by atoms with Crippen molar-refractivity contribution >= 4 is 5.91 Å². The molecule has 24 heavy (non-hydrogen) atoms. The van der Waals surface area contributed by atoms with E-state index in [1.165, 1.54) is 11.1 Å². The zero-order chi connectivity index (χ0) is 17.1. The van der Waals surface area contributed by atoms with E-state index in [9.17, 15) is 9.90 Å². The second-order valence-electron chi connectivity index (χ2n) is 6.94. The van der Waals surface area contributed by atoms with E-state index in [1.54, 1.807) is 0 Å². The molecule has 2 aromatic carbocycles. The molecule has 3 unspecified atom stereocenters. The largest absolute Gasteiger partial charge is 0.387 e. The Kier molecular flexibility index (Phi) is 5.00. The number of carbonyl (C=O) groups is 1. The Labute approximate surface area is 143 Å². The average molecular weight is 323 g/mol. The summed E-state index contributed by atoms with van der Waals surface area (Å²) in [5, 5.41) is 13.2. The van der Waals surface area contributed by atoms with Gasteiger partial charge in [-0.1, -0.05) is 68.4 Å². The van der Waals surface area contributed by atoms with Crippen LogP contribution in [0.5, 0.6) is 0 Å². The topological polar surface area (TPSA) is 49.3 Å². The second-order valence-corrected chi connectivity index (χ2v) is 6.94. The molecule has 1 amide bonds. The average Bonchev–Trinajstić information content (AvgIpc) is 3.41. The fourth-order valence-electron chi connectivity index (χ4n) is 3.10. The number of nitrogens with one attached hydrogen (secondary N) is 1. The number of rotatable bonds is 6. The van der Waals surface area contributed by atoms with Gasteiger partial charge in [-0.25, -0.2) is 0 Å². The monoisotopic (exact) mass is 323 g/mol. The zero-order valence-electron chi connectivity index (χ0n) is 14.3. The van der Waals surface area contributed by atoms with Gasteiger partial charge in [0.1, 0.15) is 0 Å². The Morgan fingerprint density at radius 2 is 1.71 bits per heavy atom. The molecule has 3 heteroatoms. The first kappa shape index (κ1) is 16.7. The molecular weight excluding hydrogens is 298 g/mol. The predicted molar refractivity (Wildman–Crippen MR) is 95.8 cm³/mol. The summed E-state index contributed by atoms with van der Waals surface area (Å²) in [4.78, 5) is 12.2. The van der Waals surface area contributed by atoms with Crippen molar-refractivity contribution in [2.45, 2.75) is 38.2 Å². The van der Waals surface area contributed by atoms with Crippen LogP contribution in [0.3, 0.4) is 0 Å². The summed E-state index contributed by atoms with van der Waals surface area (Å²) in [6.45, 7) is 4.55. The summed E-state index contributed by atoms with van der Waals surface area (Å²) in [5.41, 5.74) is 3.32. The molecular formula is C21H25NO2. The Morgan fingerprint density at radius 3 is 2.33 bits per heavy atom. The number of hydrogen-bond acceptors (Lipinski definition) is 2. The molecule has 1 aliphatic carbocycles. The minimum Gasteiger partial charge on any atom is -0.387 e. The number of benzene rings is 2. The van der Waals surface area contributed by atoms with Crippen molar-refractivity contribution in [1.29, 1.82) is 0 Å². The second kappa shape index (κ2) is 7.18. The summed E-state index contributed by atoms with van der Waals surface area (Å²) in [5.74, 6) is 0.888. The number of aliphatic hydroxyl groups is 1. The van der Waals surface area contributed by atoms with Crippen molar-refractivity contribution in [2.24, 2.45) is 5.92 Å². The predicted octanol–water partition coefficient (Wildman–Crippen LogP) is 3.76. The highest BCUT2D eigenvalue weighted by molar-refractivity contribution is 5.82. The van der Waals surface area contributed by atoms with Crippen LogP contribution in [0.2, 0.25) is 0 Å². The van der Waals surface area contributed by atoms with Crippen LogP contribution < -0.4 is 5.32 Å². The quantitative estimate of drug-likeness (QED) is 0.850. The Morgan fingerprint density at radius 1 is 1.08 bits per heavy atom. The Hall–Kier alpha value is -2.13. The van der Waals surface area contributed by atoms with Crippen LogP contribution in [0.1, 0.15) is 54.9 Å². The van der Waals surface area contributed by atoms with Crippen molar-refractivity contribution in [3.63, 3.8) is 0 Å². The van der Waals surface area contributed by atoms with E-state index in [0.717, 1.165) is 12.0 Å². The molecule has 1 fully saturated rings. The molecule has 0 spiro atoms. The number of amides is 1. The lowest BCUT2D eigenvalue weighted by molar-refractivity contribution is -0.122. The number of aliphatic hydroxyl groups excluding tert-OH is 1. The molecule has 0 saturated heterocycles. The van der Waals surface area contributed by atoms with Crippen LogP contribution >= 0.6 is 0 Å². The van der Waals surface area contributed by atoms with Crippen LogP contribution in [-0.4, -0.2) is 17.6 Å². The van der Waals surface area contributed by atoms with Crippen molar-refractivity contribution in [3.05, 3.63) is 71.3 Å². The molecule has 1 saturated carbocycles. The van der Waals surface area contributed by atoms with Gasteiger partial charge in [-0.15, -0.1) is 0 Å². The van der Waals surface area contributed by atoms with E-state index < -0.39 is 6.10 Å². The van der Waals surface area contributed by atoms with E-state index in [1.807, 2.05) is 42.5 Å². The van der Waals surface area contributed by atoms with E-state index in [2.05, 4.69) is 31.3 Å². The van der Waals surface area contributed by atoms with Crippen LogP contribution in [0.15, 0.2) is 54.6 Å². The third-order valence-electron chi connectivity index (χ3n) is 4.81. The minimum absolute atomic E-state index is 0.0432. The van der Waals surface area contributed by atoms with Crippen molar-refractivity contribution in [2.75, 3.05) is 6.54 Å². The van der Waals surface area contributed by atoms with Crippen LogP contribution in [0.4, 0.5) is 0 Å². The molecule has 2 N–H and O–H groups in total. The summed E-state index contributed by atoms with van der Waals surface area (Å²) in [7, 11) is 0. The van der Waals surface area contributed by atoms with Gasteiger partial charge in [0.15, 0.2) is 0 Å². The zero-order valence-corrected chi connectivity index (χ0v) is 14.3. The highest BCUT2D eigenvalue weighted by Crippen LogP contribution is 2.47. The normalized spacial score (nSPS) is 20.7. The van der Waals surface area contributed by atoms with Gasteiger partial charge in [-0.3, -0.25) is 4.79 Å². The van der Waals surface area contributed by atoms with E-state index >= 15 is 0 Å². The van der Waals surface area contributed by atoms with Gasteiger partial charge in [-0.2, -0.15) is 0 Å². The summed E-state index contributed by atoms with van der Waals surface area (Å²) < 4.78 is 0. The molecule has 0 heterocycles. The Bertz CT molecular complexity index is 679. The smallest absolute Gasteiger partial charge is 0.223 e. The molecule has 126 valence electrons. The van der Waals surface area contributed by atoms with Crippen molar-refractivity contribution in [3.8, 4) is 0 Å². The first-order valence-corrected chi connectivity index (χ1v) is 8.67. The van der Waals surface area contributed by atoms with E-state index in [0.29, 0.717) is 11.8 Å². The molecule has 1 aliphatic rings. The van der Waals surface area contributed by atoms with Crippen LogP contribution in [0.25, 0.3) is 0 Å². The number of hydrogen-bond donors (Lipinski definition) is 2. The van der Waals surface area contributed by atoms with Crippen molar-refractivity contribution < 1.29 is 9.90 Å². The lowest BCUT2D eigenvalue weighted by Crippen LogP contribution is -2.30. The van der Waals surface area contributed by atoms with Crippen LogP contribution in [-0.2, 0) is 4.79 Å². The summed E-state index contributed by atoms with van der Waals surface area (Å²) in [6, 6.07) is 18.1. The Balaban J connectivity index is 1.50. The van der Waals surface area contributed by atoms with Gasteiger partial charge in [0.25, 0.3) is 0 Å². The third kappa shape index (κ3) is 3.85. The summed E-state index contributed by atoms with van der Waals surface area (Å²) >= 11 is 0. The number of carbonyl (C=O) groups excluding carboxylic acids is 1. The SMILES string of the molecule is CC(C)c1ccc(C(O)CNC(=O)C2CC2c2ccccc2)cc1.